The van der Waals surface area contributed by atoms with Crippen molar-refractivity contribution in [2.45, 2.75) is 22.6 Å². The molecular formula is C21H27N3O6S2. The molecule has 1 heterocycles. The Morgan fingerprint density at radius 3 is 2.19 bits per heavy atom. The van der Waals surface area contributed by atoms with E-state index in [1.54, 1.807) is 30.3 Å². The first-order chi connectivity index (χ1) is 15.1. The van der Waals surface area contributed by atoms with Crippen molar-refractivity contribution in [2.75, 3.05) is 39.6 Å². The number of hydrogen-bond donors (Lipinski definition) is 1. The summed E-state index contributed by atoms with van der Waals surface area (Å²) in [4.78, 5) is 13.1. The summed E-state index contributed by atoms with van der Waals surface area (Å²) < 4.78 is 58.1. The lowest BCUT2D eigenvalue weighted by atomic mass is 9.97. The van der Waals surface area contributed by atoms with Crippen LogP contribution in [0.2, 0.25) is 0 Å². The van der Waals surface area contributed by atoms with Crippen molar-refractivity contribution in [1.82, 2.24) is 8.61 Å². The van der Waals surface area contributed by atoms with Crippen LogP contribution in [-0.2, 0) is 24.8 Å². The molecule has 32 heavy (non-hydrogen) atoms. The Hall–Kier alpha value is -2.47. The zero-order valence-corrected chi connectivity index (χ0v) is 19.8. The Bertz CT molecular complexity index is 1170. The van der Waals surface area contributed by atoms with Gasteiger partial charge in [-0.3, -0.25) is 4.79 Å². The number of nitrogens with one attached hydrogen (secondary N) is 1. The molecule has 11 heteroatoms. The fourth-order valence-electron chi connectivity index (χ4n) is 3.49. The average Bonchev–Trinajstić information content (AvgIpc) is 2.79. The molecule has 9 nitrogen and oxygen atoms in total. The van der Waals surface area contributed by atoms with Crippen LogP contribution in [0.25, 0.3) is 0 Å². The summed E-state index contributed by atoms with van der Waals surface area (Å²) in [5.41, 5.74) is 0.250. The quantitative estimate of drug-likeness (QED) is 0.647. The molecule has 2 aromatic carbocycles. The maximum atomic E-state index is 12.9. The monoisotopic (exact) mass is 481 g/mol. The molecule has 1 saturated heterocycles. The SMILES string of the molecule is COc1ccc(S(=O)(=O)N(C)C)cc1NC(=O)C1CCN(S(=O)(=O)c2ccccc2)CC1. The molecule has 3 rings (SSSR count). The summed E-state index contributed by atoms with van der Waals surface area (Å²) >= 11 is 0. The molecule has 1 aliphatic rings. The molecule has 1 fully saturated rings. The van der Waals surface area contributed by atoms with E-state index in [4.69, 9.17) is 4.74 Å². The summed E-state index contributed by atoms with van der Waals surface area (Å²) in [6.07, 6.45) is 0.714. The molecule has 0 aliphatic carbocycles. The Labute approximate surface area is 189 Å². The highest BCUT2D eigenvalue weighted by Gasteiger charge is 2.32. The van der Waals surface area contributed by atoms with Crippen LogP contribution in [-0.4, -0.2) is 65.6 Å². The predicted octanol–water partition coefficient (Wildman–Crippen LogP) is 1.98. The van der Waals surface area contributed by atoms with E-state index in [-0.39, 0.29) is 34.5 Å². The summed E-state index contributed by atoms with van der Waals surface area (Å²) in [6.45, 7) is 0.447. The van der Waals surface area contributed by atoms with E-state index in [0.29, 0.717) is 18.6 Å². The van der Waals surface area contributed by atoms with Gasteiger partial charge in [0.15, 0.2) is 0 Å². The molecule has 2 aromatic rings. The van der Waals surface area contributed by atoms with E-state index in [2.05, 4.69) is 5.32 Å². The standard InChI is InChI=1S/C21H27N3O6S2/c1-23(2)31(26,27)18-9-10-20(30-3)19(15-18)22-21(25)16-11-13-24(14-12-16)32(28,29)17-7-5-4-6-8-17/h4-10,15-16H,11-14H2,1-3H3,(H,22,25). The van der Waals surface area contributed by atoms with Gasteiger partial charge in [0, 0.05) is 33.1 Å². The van der Waals surface area contributed by atoms with Gasteiger partial charge in [0.25, 0.3) is 0 Å². The topological polar surface area (TPSA) is 113 Å². The third-order valence-electron chi connectivity index (χ3n) is 5.41. The van der Waals surface area contributed by atoms with Crippen LogP contribution < -0.4 is 10.1 Å². The summed E-state index contributed by atoms with van der Waals surface area (Å²) in [5, 5.41) is 2.75. The predicted molar refractivity (Wildman–Crippen MR) is 120 cm³/mol. The highest BCUT2D eigenvalue weighted by Crippen LogP contribution is 2.30. The third kappa shape index (κ3) is 4.96. The van der Waals surface area contributed by atoms with E-state index in [1.807, 2.05) is 0 Å². The number of rotatable bonds is 7. The number of sulfonamides is 2. The lowest BCUT2D eigenvalue weighted by Gasteiger charge is -2.30. The number of ether oxygens (including phenoxy) is 1. The van der Waals surface area contributed by atoms with Crippen LogP contribution in [0.4, 0.5) is 5.69 Å². The van der Waals surface area contributed by atoms with E-state index in [9.17, 15) is 21.6 Å². The number of carbonyl (C=O) groups excluding carboxylic acids is 1. The van der Waals surface area contributed by atoms with Gasteiger partial charge in [0.2, 0.25) is 26.0 Å². The maximum Gasteiger partial charge on any atom is 0.243 e. The van der Waals surface area contributed by atoms with Crippen molar-refractivity contribution >= 4 is 31.6 Å². The van der Waals surface area contributed by atoms with Gasteiger partial charge in [-0.1, -0.05) is 18.2 Å². The average molecular weight is 482 g/mol. The molecule has 1 N–H and O–H groups in total. The molecule has 174 valence electrons. The Kier molecular flexibility index (Phi) is 7.23. The van der Waals surface area contributed by atoms with E-state index >= 15 is 0 Å². The molecule has 0 atom stereocenters. The number of amides is 1. The first kappa shape index (κ1) is 24.2. The van der Waals surface area contributed by atoms with Gasteiger partial charge in [-0.25, -0.2) is 21.1 Å². The fourth-order valence-corrected chi connectivity index (χ4v) is 5.91. The molecule has 0 aromatic heterocycles. The van der Waals surface area contributed by atoms with Crippen molar-refractivity contribution in [3.63, 3.8) is 0 Å². The number of hydrogen-bond acceptors (Lipinski definition) is 6. The second-order valence-electron chi connectivity index (χ2n) is 7.63. The van der Waals surface area contributed by atoms with Crippen molar-refractivity contribution in [1.29, 1.82) is 0 Å². The van der Waals surface area contributed by atoms with Gasteiger partial charge >= 0.3 is 0 Å². The normalized spacial score (nSPS) is 16.1. The maximum absolute atomic E-state index is 12.9. The highest BCUT2D eigenvalue weighted by atomic mass is 32.2. The number of carbonyl (C=O) groups is 1. The zero-order valence-electron chi connectivity index (χ0n) is 18.2. The molecule has 0 bridgehead atoms. The minimum atomic E-state index is -3.68. The highest BCUT2D eigenvalue weighted by molar-refractivity contribution is 7.89. The van der Waals surface area contributed by atoms with Gasteiger partial charge in [0.05, 0.1) is 22.6 Å². The first-order valence-corrected chi connectivity index (χ1v) is 12.9. The second kappa shape index (κ2) is 9.57. The van der Waals surface area contributed by atoms with Crippen molar-refractivity contribution in [3.05, 3.63) is 48.5 Å². The fraction of sp³-hybridized carbons (Fsp3) is 0.381. The van der Waals surface area contributed by atoms with Crippen LogP contribution >= 0.6 is 0 Å². The molecular weight excluding hydrogens is 454 g/mol. The van der Waals surface area contributed by atoms with Crippen LogP contribution in [0.5, 0.6) is 5.75 Å². The first-order valence-electron chi connectivity index (χ1n) is 10.0. The van der Waals surface area contributed by atoms with Gasteiger partial charge < -0.3 is 10.1 Å². The molecule has 0 unspecified atom stereocenters. The molecule has 0 saturated carbocycles. The number of nitrogens with zero attached hydrogens (tertiary/aromatic N) is 2. The Balaban J connectivity index is 1.71. The van der Waals surface area contributed by atoms with E-state index in [0.717, 1.165) is 4.31 Å². The van der Waals surface area contributed by atoms with Crippen LogP contribution in [0.3, 0.4) is 0 Å². The summed E-state index contributed by atoms with van der Waals surface area (Å²) in [6, 6.07) is 12.5. The largest absolute Gasteiger partial charge is 0.495 e. The number of piperidine rings is 1. The van der Waals surface area contributed by atoms with Crippen molar-refractivity contribution in [3.8, 4) is 5.75 Å². The van der Waals surface area contributed by atoms with Crippen LogP contribution in [0, 0.1) is 5.92 Å². The Morgan fingerprint density at radius 1 is 1.00 bits per heavy atom. The third-order valence-corrected chi connectivity index (χ3v) is 9.14. The number of benzene rings is 2. The van der Waals surface area contributed by atoms with Gasteiger partial charge in [0.1, 0.15) is 5.75 Å². The van der Waals surface area contributed by atoms with Gasteiger partial charge in [-0.15, -0.1) is 0 Å². The van der Waals surface area contributed by atoms with Crippen LogP contribution in [0.15, 0.2) is 58.3 Å². The van der Waals surface area contributed by atoms with Crippen molar-refractivity contribution in [2.24, 2.45) is 5.92 Å². The number of anilines is 1. The molecule has 1 amide bonds. The molecule has 0 radical (unpaired) electrons. The smallest absolute Gasteiger partial charge is 0.243 e. The second-order valence-corrected chi connectivity index (χ2v) is 11.7. The minimum absolute atomic E-state index is 0.0300. The van der Waals surface area contributed by atoms with E-state index < -0.39 is 26.0 Å². The van der Waals surface area contributed by atoms with Gasteiger partial charge in [-0.05, 0) is 43.2 Å². The van der Waals surface area contributed by atoms with Crippen molar-refractivity contribution < 1.29 is 26.4 Å². The lowest BCUT2D eigenvalue weighted by Crippen LogP contribution is -2.41. The van der Waals surface area contributed by atoms with Gasteiger partial charge in [-0.2, -0.15) is 4.31 Å². The minimum Gasteiger partial charge on any atom is -0.495 e. The summed E-state index contributed by atoms with van der Waals surface area (Å²) in [7, 11) is -3.00. The molecule has 1 aliphatic heterocycles. The molecule has 0 spiro atoms. The lowest BCUT2D eigenvalue weighted by molar-refractivity contribution is -0.120. The zero-order chi connectivity index (χ0) is 23.5. The Morgan fingerprint density at radius 2 is 1.62 bits per heavy atom. The van der Waals surface area contributed by atoms with Crippen LogP contribution in [0.1, 0.15) is 12.8 Å². The van der Waals surface area contributed by atoms with E-state index in [1.165, 1.54) is 43.7 Å². The number of methoxy groups -OCH3 is 1. The summed E-state index contributed by atoms with van der Waals surface area (Å²) in [5.74, 6) is -0.379.